The molecule has 2 rings (SSSR count). The maximum atomic E-state index is 5.63. The van der Waals surface area contributed by atoms with Gasteiger partial charge >= 0.3 is 0 Å². The molecule has 2 aromatic rings. The summed E-state index contributed by atoms with van der Waals surface area (Å²) < 4.78 is 15.2. The molecule has 0 atom stereocenters. The van der Waals surface area contributed by atoms with Gasteiger partial charge in [0.25, 0.3) is 0 Å². The number of nitrogens with zero attached hydrogens (tertiary/aromatic N) is 2. The third kappa shape index (κ3) is 4.32. The van der Waals surface area contributed by atoms with Crippen molar-refractivity contribution in [1.29, 1.82) is 0 Å². The summed E-state index contributed by atoms with van der Waals surface area (Å²) in [5.74, 6) is 0.799. The minimum absolute atomic E-state index is 0.362. The lowest BCUT2D eigenvalue weighted by Crippen LogP contribution is -2.18. The SMILES string of the molecule is COCCNCc1ccc(OCc2nonc2C)cc1. The standard InChI is InChI=1S/C14H19N3O3/c1-11-14(17-20-16-11)10-19-13-5-3-12(4-6-13)9-15-7-8-18-2/h3-6,15H,7-10H2,1-2H3. The number of aryl methyl sites for hydroxylation is 1. The molecule has 6 nitrogen and oxygen atoms in total. The van der Waals surface area contributed by atoms with Gasteiger partial charge < -0.3 is 14.8 Å². The Morgan fingerprint density at radius 1 is 1.20 bits per heavy atom. The first kappa shape index (κ1) is 14.5. The van der Waals surface area contributed by atoms with E-state index in [-0.39, 0.29) is 0 Å². The molecule has 0 radical (unpaired) electrons. The molecule has 0 aliphatic heterocycles. The van der Waals surface area contributed by atoms with Gasteiger partial charge in [0.2, 0.25) is 0 Å². The molecule has 0 aliphatic carbocycles. The Labute approximate surface area is 118 Å². The molecule has 6 heteroatoms. The molecule has 0 aliphatic rings. The van der Waals surface area contributed by atoms with Gasteiger partial charge in [0.05, 0.1) is 6.61 Å². The number of methoxy groups -OCH3 is 1. The Balaban J connectivity index is 1.78. The quantitative estimate of drug-likeness (QED) is 0.741. The highest BCUT2D eigenvalue weighted by Crippen LogP contribution is 2.14. The Morgan fingerprint density at radius 2 is 2.00 bits per heavy atom. The van der Waals surface area contributed by atoms with E-state index < -0.39 is 0 Å². The summed E-state index contributed by atoms with van der Waals surface area (Å²) in [5.41, 5.74) is 2.67. The minimum atomic E-state index is 0.362. The van der Waals surface area contributed by atoms with Crippen molar-refractivity contribution >= 4 is 0 Å². The molecule has 0 unspecified atom stereocenters. The van der Waals surface area contributed by atoms with Crippen LogP contribution >= 0.6 is 0 Å². The molecule has 0 spiro atoms. The molecule has 1 aromatic carbocycles. The van der Waals surface area contributed by atoms with Crippen LogP contribution in [0.25, 0.3) is 0 Å². The number of hydrogen-bond acceptors (Lipinski definition) is 6. The van der Waals surface area contributed by atoms with Gasteiger partial charge in [-0.2, -0.15) is 0 Å². The second-order valence-corrected chi connectivity index (χ2v) is 4.40. The first-order valence-electron chi connectivity index (χ1n) is 6.49. The molecule has 1 N–H and O–H groups in total. The third-order valence-corrected chi connectivity index (χ3v) is 2.86. The zero-order chi connectivity index (χ0) is 14.2. The van der Waals surface area contributed by atoms with Crippen LogP contribution in [0.5, 0.6) is 5.75 Å². The minimum Gasteiger partial charge on any atom is -0.487 e. The molecule has 1 aromatic heterocycles. The van der Waals surface area contributed by atoms with Gasteiger partial charge in [-0.1, -0.05) is 22.4 Å². The fourth-order valence-corrected chi connectivity index (χ4v) is 1.64. The smallest absolute Gasteiger partial charge is 0.145 e. The van der Waals surface area contributed by atoms with E-state index in [1.165, 1.54) is 5.56 Å². The van der Waals surface area contributed by atoms with Crippen molar-refractivity contribution in [2.45, 2.75) is 20.1 Å². The molecular formula is C14H19N3O3. The normalized spacial score (nSPS) is 10.7. The molecule has 0 saturated carbocycles. The van der Waals surface area contributed by atoms with Crippen molar-refractivity contribution in [2.75, 3.05) is 20.3 Å². The van der Waals surface area contributed by atoms with Crippen molar-refractivity contribution < 1.29 is 14.1 Å². The van der Waals surface area contributed by atoms with Crippen LogP contribution < -0.4 is 10.1 Å². The highest BCUT2D eigenvalue weighted by molar-refractivity contribution is 5.27. The van der Waals surface area contributed by atoms with Crippen LogP contribution in [0.1, 0.15) is 17.0 Å². The van der Waals surface area contributed by atoms with Gasteiger partial charge in [0.15, 0.2) is 0 Å². The van der Waals surface area contributed by atoms with Gasteiger partial charge in [-0.25, -0.2) is 4.63 Å². The summed E-state index contributed by atoms with van der Waals surface area (Å²) in [6.45, 7) is 4.57. The highest BCUT2D eigenvalue weighted by atomic mass is 16.6. The first-order chi connectivity index (χ1) is 9.79. The number of aromatic nitrogens is 2. The number of benzene rings is 1. The summed E-state index contributed by atoms with van der Waals surface area (Å²) in [6, 6.07) is 7.94. The summed E-state index contributed by atoms with van der Waals surface area (Å²) in [4.78, 5) is 0. The third-order valence-electron chi connectivity index (χ3n) is 2.86. The zero-order valence-electron chi connectivity index (χ0n) is 11.8. The first-order valence-corrected chi connectivity index (χ1v) is 6.49. The topological polar surface area (TPSA) is 69.4 Å². The van der Waals surface area contributed by atoms with Crippen molar-refractivity contribution in [2.24, 2.45) is 0 Å². The predicted molar refractivity (Wildman–Crippen MR) is 73.4 cm³/mol. The van der Waals surface area contributed by atoms with Crippen LogP contribution in [0.4, 0.5) is 0 Å². The van der Waals surface area contributed by atoms with Gasteiger partial charge in [-0.05, 0) is 24.6 Å². The van der Waals surface area contributed by atoms with Gasteiger partial charge in [-0.3, -0.25) is 0 Å². The van der Waals surface area contributed by atoms with Crippen molar-refractivity contribution in [3.8, 4) is 5.75 Å². The Hall–Kier alpha value is -1.92. The maximum absolute atomic E-state index is 5.63. The van der Waals surface area contributed by atoms with Crippen LogP contribution in [0.15, 0.2) is 28.9 Å². The number of rotatable bonds is 8. The fraction of sp³-hybridized carbons (Fsp3) is 0.429. The van der Waals surface area contributed by atoms with E-state index in [1.54, 1.807) is 7.11 Å². The van der Waals surface area contributed by atoms with Crippen molar-refractivity contribution in [3.63, 3.8) is 0 Å². The molecule has 1 heterocycles. The van der Waals surface area contributed by atoms with Crippen LogP contribution in [0.2, 0.25) is 0 Å². The summed E-state index contributed by atoms with van der Waals surface area (Å²) in [7, 11) is 1.69. The predicted octanol–water partition coefficient (Wildman–Crippen LogP) is 1.69. The fourth-order valence-electron chi connectivity index (χ4n) is 1.64. The Morgan fingerprint density at radius 3 is 2.65 bits per heavy atom. The van der Waals surface area contributed by atoms with E-state index in [2.05, 4.69) is 20.3 Å². The lowest BCUT2D eigenvalue weighted by atomic mass is 10.2. The van der Waals surface area contributed by atoms with E-state index >= 15 is 0 Å². The van der Waals surface area contributed by atoms with Gasteiger partial charge in [-0.15, -0.1) is 0 Å². The average Bonchev–Trinajstić information content (AvgIpc) is 2.88. The molecular weight excluding hydrogens is 258 g/mol. The van der Waals surface area contributed by atoms with E-state index in [0.717, 1.165) is 30.2 Å². The highest BCUT2D eigenvalue weighted by Gasteiger charge is 2.05. The van der Waals surface area contributed by atoms with Crippen molar-refractivity contribution in [1.82, 2.24) is 15.6 Å². The number of hydrogen-bond donors (Lipinski definition) is 1. The summed E-state index contributed by atoms with van der Waals surface area (Å²) in [6.07, 6.45) is 0. The molecule has 20 heavy (non-hydrogen) atoms. The van der Waals surface area contributed by atoms with Crippen LogP contribution in [0, 0.1) is 6.92 Å². The lowest BCUT2D eigenvalue weighted by Gasteiger charge is -2.07. The van der Waals surface area contributed by atoms with Gasteiger partial charge in [0, 0.05) is 20.2 Å². The second kappa shape index (κ2) is 7.62. The van der Waals surface area contributed by atoms with E-state index in [1.807, 2.05) is 31.2 Å². The van der Waals surface area contributed by atoms with Gasteiger partial charge in [0.1, 0.15) is 23.7 Å². The second-order valence-electron chi connectivity index (χ2n) is 4.40. The van der Waals surface area contributed by atoms with E-state index in [0.29, 0.717) is 13.2 Å². The zero-order valence-corrected chi connectivity index (χ0v) is 11.8. The Bertz CT molecular complexity index is 511. The molecule has 108 valence electrons. The Kier molecular flexibility index (Phi) is 5.52. The van der Waals surface area contributed by atoms with E-state index in [9.17, 15) is 0 Å². The monoisotopic (exact) mass is 277 g/mol. The van der Waals surface area contributed by atoms with Crippen LogP contribution in [-0.2, 0) is 17.9 Å². The average molecular weight is 277 g/mol. The molecule has 0 amide bonds. The number of ether oxygens (including phenoxy) is 2. The van der Waals surface area contributed by atoms with E-state index in [4.69, 9.17) is 9.47 Å². The lowest BCUT2D eigenvalue weighted by molar-refractivity contribution is 0.199. The van der Waals surface area contributed by atoms with Crippen molar-refractivity contribution in [3.05, 3.63) is 41.2 Å². The number of nitrogens with one attached hydrogen (secondary N) is 1. The molecule has 0 saturated heterocycles. The maximum Gasteiger partial charge on any atom is 0.145 e. The summed E-state index contributed by atoms with van der Waals surface area (Å²) >= 11 is 0. The molecule has 0 bridgehead atoms. The summed E-state index contributed by atoms with van der Waals surface area (Å²) in [5, 5.41) is 10.8. The van der Waals surface area contributed by atoms with Crippen LogP contribution in [-0.4, -0.2) is 30.6 Å². The van der Waals surface area contributed by atoms with Crippen LogP contribution in [0.3, 0.4) is 0 Å². The largest absolute Gasteiger partial charge is 0.487 e. The molecule has 0 fully saturated rings.